The number of rotatable bonds is 3. The van der Waals surface area contributed by atoms with Crippen LogP contribution in [0.3, 0.4) is 0 Å². The van der Waals surface area contributed by atoms with Crippen LogP contribution in [0, 0.1) is 5.82 Å². The molecule has 0 spiro atoms. The predicted molar refractivity (Wildman–Crippen MR) is 76.5 cm³/mol. The van der Waals surface area contributed by atoms with Gasteiger partial charge in [0.15, 0.2) is 17.2 Å². The molecular formula is C14H16FN3O4. The fourth-order valence-electron chi connectivity index (χ4n) is 1.77. The van der Waals surface area contributed by atoms with E-state index in [2.05, 4.69) is 10.3 Å². The first kappa shape index (κ1) is 15.7. The van der Waals surface area contributed by atoms with E-state index in [1.54, 1.807) is 14.1 Å². The van der Waals surface area contributed by atoms with Gasteiger partial charge in [0.1, 0.15) is 0 Å². The van der Waals surface area contributed by atoms with E-state index in [-0.39, 0.29) is 17.1 Å². The van der Waals surface area contributed by atoms with Gasteiger partial charge in [-0.05, 0) is 0 Å². The summed E-state index contributed by atoms with van der Waals surface area (Å²) in [4.78, 5) is 28.9. The third-order valence-electron chi connectivity index (χ3n) is 2.75. The Balaban J connectivity index is 2.17. The largest absolute Gasteiger partial charge is 0.419 e. The summed E-state index contributed by atoms with van der Waals surface area (Å²) in [6.45, 7) is 2.90. The lowest BCUT2D eigenvalue weighted by atomic mass is 10.2. The van der Waals surface area contributed by atoms with Crippen molar-refractivity contribution in [3.8, 4) is 0 Å². The molecule has 8 heteroatoms. The van der Waals surface area contributed by atoms with Gasteiger partial charge in [-0.3, -0.25) is 0 Å². The van der Waals surface area contributed by atoms with E-state index in [0.29, 0.717) is 0 Å². The molecule has 0 radical (unpaired) electrons. The minimum atomic E-state index is -1.30. The molecule has 1 fully saturated rings. The molecule has 0 bridgehead atoms. The van der Waals surface area contributed by atoms with Gasteiger partial charge in [0.2, 0.25) is 0 Å². The highest BCUT2D eigenvalue weighted by atomic mass is 19.1. The van der Waals surface area contributed by atoms with Crippen molar-refractivity contribution in [1.82, 2.24) is 4.98 Å². The molecule has 0 amide bonds. The van der Waals surface area contributed by atoms with Gasteiger partial charge in [0, 0.05) is 40.2 Å². The normalized spacial score (nSPS) is 16.7. The fraction of sp³-hybridized carbons (Fsp3) is 0.357. The van der Waals surface area contributed by atoms with Crippen LogP contribution in [-0.4, -0.2) is 36.8 Å². The number of halogens is 1. The Bertz CT molecular complexity index is 633. The molecule has 0 atom stereocenters. The molecule has 1 N–H and O–H groups in total. The average Bonchev–Trinajstić information content (AvgIpc) is 2.35. The van der Waals surface area contributed by atoms with Gasteiger partial charge in [-0.1, -0.05) is 0 Å². The molecule has 1 aromatic heterocycles. The molecular weight excluding hydrogens is 293 g/mol. The Morgan fingerprint density at radius 1 is 1.27 bits per heavy atom. The zero-order valence-corrected chi connectivity index (χ0v) is 12.6. The van der Waals surface area contributed by atoms with E-state index in [1.165, 1.54) is 31.0 Å². The summed E-state index contributed by atoms with van der Waals surface area (Å²) in [5, 5.41) is 2.62. The average molecular weight is 309 g/mol. The number of ether oxygens (including phenoxy) is 2. The molecule has 2 rings (SSSR count). The smallest absolute Gasteiger partial charge is 0.350 e. The number of carbonyl (C=O) groups excluding carboxylic acids is 2. The minimum absolute atomic E-state index is 0.177. The van der Waals surface area contributed by atoms with Gasteiger partial charge < -0.3 is 19.7 Å². The van der Waals surface area contributed by atoms with Crippen LogP contribution in [0.1, 0.15) is 13.8 Å². The molecule has 1 aliphatic rings. The van der Waals surface area contributed by atoms with E-state index >= 15 is 0 Å². The van der Waals surface area contributed by atoms with Crippen LogP contribution in [0.5, 0.6) is 0 Å². The highest BCUT2D eigenvalue weighted by molar-refractivity contribution is 6.15. The third kappa shape index (κ3) is 3.33. The standard InChI is InChI=1S/C14H16FN3O4/c1-14(2)21-12(19)9(13(20)22-14)7-16-8-5-10(15)11(17-6-8)18(3)4/h5-7,16H,1-4H3. The zero-order valence-electron chi connectivity index (χ0n) is 12.6. The summed E-state index contributed by atoms with van der Waals surface area (Å²) in [7, 11) is 3.33. The number of hydrogen-bond donors (Lipinski definition) is 1. The maximum Gasteiger partial charge on any atom is 0.350 e. The summed E-state index contributed by atoms with van der Waals surface area (Å²) in [5.74, 6) is -3.29. The Morgan fingerprint density at radius 2 is 1.86 bits per heavy atom. The molecule has 1 saturated heterocycles. The predicted octanol–water partition coefficient (Wildman–Crippen LogP) is 1.42. The summed E-state index contributed by atoms with van der Waals surface area (Å²) >= 11 is 0. The third-order valence-corrected chi connectivity index (χ3v) is 2.75. The summed E-state index contributed by atoms with van der Waals surface area (Å²) < 4.78 is 23.6. The van der Waals surface area contributed by atoms with Crippen LogP contribution in [0.25, 0.3) is 0 Å². The van der Waals surface area contributed by atoms with E-state index in [9.17, 15) is 14.0 Å². The van der Waals surface area contributed by atoms with E-state index < -0.39 is 23.5 Å². The van der Waals surface area contributed by atoms with E-state index in [0.717, 1.165) is 6.20 Å². The van der Waals surface area contributed by atoms with Gasteiger partial charge in [0.25, 0.3) is 5.79 Å². The summed E-state index contributed by atoms with van der Waals surface area (Å²) in [6.07, 6.45) is 2.48. The van der Waals surface area contributed by atoms with Crippen molar-refractivity contribution in [3.63, 3.8) is 0 Å². The number of carbonyl (C=O) groups is 2. The van der Waals surface area contributed by atoms with Gasteiger partial charge in [-0.15, -0.1) is 0 Å². The molecule has 1 aliphatic heterocycles. The lowest BCUT2D eigenvalue weighted by Crippen LogP contribution is -2.42. The first-order valence-corrected chi connectivity index (χ1v) is 6.46. The van der Waals surface area contributed by atoms with E-state index in [1.807, 2.05) is 0 Å². The molecule has 22 heavy (non-hydrogen) atoms. The number of cyclic esters (lactones) is 2. The monoisotopic (exact) mass is 309 g/mol. The number of anilines is 2. The molecule has 0 aliphatic carbocycles. The van der Waals surface area contributed by atoms with Crippen LogP contribution in [-0.2, 0) is 19.1 Å². The van der Waals surface area contributed by atoms with Crippen molar-refractivity contribution in [2.45, 2.75) is 19.6 Å². The zero-order chi connectivity index (χ0) is 16.5. The van der Waals surface area contributed by atoms with Crippen LogP contribution in [0.2, 0.25) is 0 Å². The second kappa shape index (κ2) is 5.63. The molecule has 0 saturated carbocycles. The Hall–Kier alpha value is -2.64. The van der Waals surface area contributed by atoms with Crippen molar-refractivity contribution in [2.24, 2.45) is 0 Å². The number of aromatic nitrogens is 1. The lowest BCUT2D eigenvalue weighted by molar-refractivity contribution is -0.222. The second-order valence-corrected chi connectivity index (χ2v) is 5.31. The van der Waals surface area contributed by atoms with Crippen LogP contribution in [0.15, 0.2) is 24.0 Å². The highest BCUT2D eigenvalue weighted by Crippen LogP contribution is 2.23. The maximum atomic E-state index is 13.8. The van der Waals surface area contributed by atoms with Crippen molar-refractivity contribution >= 4 is 23.4 Å². The Labute approximate surface area is 126 Å². The quantitative estimate of drug-likeness (QED) is 0.514. The van der Waals surface area contributed by atoms with Crippen molar-refractivity contribution in [2.75, 3.05) is 24.3 Å². The molecule has 7 nitrogen and oxygen atoms in total. The van der Waals surface area contributed by atoms with Crippen LogP contribution < -0.4 is 10.2 Å². The van der Waals surface area contributed by atoms with Crippen molar-refractivity contribution in [3.05, 3.63) is 29.9 Å². The topological polar surface area (TPSA) is 80.8 Å². The van der Waals surface area contributed by atoms with Crippen molar-refractivity contribution in [1.29, 1.82) is 0 Å². The number of nitrogens with one attached hydrogen (secondary N) is 1. The Morgan fingerprint density at radius 3 is 2.36 bits per heavy atom. The van der Waals surface area contributed by atoms with Crippen molar-refractivity contribution < 1.29 is 23.5 Å². The SMILES string of the molecule is CN(C)c1ncc(NC=C2C(=O)OC(C)(C)OC2=O)cc1F. The number of esters is 2. The maximum absolute atomic E-state index is 13.8. The number of nitrogens with zero attached hydrogens (tertiary/aromatic N) is 2. The van der Waals surface area contributed by atoms with Crippen LogP contribution >= 0.6 is 0 Å². The molecule has 0 unspecified atom stereocenters. The summed E-state index contributed by atoms with van der Waals surface area (Å²) in [5.41, 5.74) is -0.0301. The van der Waals surface area contributed by atoms with Gasteiger partial charge in [-0.2, -0.15) is 0 Å². The highest BCUT2D eigenvalue weighted by Gasteiger charge is 2.38. The summed E-state index contributed by atoms with van der Waals surface area (Å²) in [6, 6.07) is 1.20. The number of hydrogen-bond acceptors (Lipinski definition) is 7. The molecule has 1 aromatic rings. The van der Waals surface area contributed by atoms with E-state index in [4.69, 9.17) is 9.47 Å². The lowest BCUT2D eigenvalue weighted by Gasteiger charge is -2.29. The molecule has 2 heterocycles. The number of pyridine rings is 1. The minimum Gasteiger partial charge on any atom is -0.419 e. The van der Waals surface area contributed by atoms with Gasteiger partial charge in [-0.25, -0.2) is 19.0 Å². The first-order valence-electron chi connectivity index (χ1n) is 6.46. The van der Waals surface area contributed by atoms with Gasteiger partial charge in [0.05, 0.1) is 11.9 Å². The fourth-order valence-corrected chi connectivity index (χ4v) is 1.77. The Kier molecular flexibility index (Phi) is 4.03. The molecule has 118 valence electrons. The second-order valence-electron chi connectivity index (χ2n) is 5.31. The molecule has 0 aromatic carbocycles. The first-order chi connectivity index (χ1) is 10.2. The van der Waals surface area contributed by atoms with Gasteiger partial charge >= 0.3 is 11.9 Å². The van der Waals surface area contributed by atoms with Crippen LogP contribution in [0.4, 0.5) is 15.9 Å².